The number of alkyl halides is 1. The van der Waals surface area contributed by atoms with Crippen LogP contribution in [0.3, 0.4) is 0 Å². The second-order valence-electron chi connectivity index (χ2n) is 4.32. The normalized spacial score (nSPS) is 14.2. The molecule has 0 fully saturated rings. The van der Waals surface area contributed by atoms with Gasteiger partial charge in [0.05, 0.1) is 0 Å². The molecule has 0 aliphatic rings. The van der Waals surface area contributed by atoms with Gasteiger partial charge in [0.15, 0.2) is 0 Å². The molecular weight excluding hydrogens is 348 g/mol. The van der Waals surface area contributed by atoms with Crippen LogP contribution in [0.4, 0.5) is 0 Å². The molecule has 0 heterocycles. The molecule has 8 heteroatoms. The minimum Gasteiger partial charge on any atom is -0.480 e. The minimum absolute atomic E-state index is 0.250. The summed E-state index contributed by atoms with van der Waals surface area (Å²) < 4.78 is 15.0. The molecule has 0 bridgehead atoms. The molecule has 1 unspecified atom stereocenters. The van der Waals surface area contributed by atoms with Crippen molar-refractivity contribution in [2.45, 2.75) is 43.5 Å². The van der Waals surface area contributed by atoms with Gasteiger partial charge in [0.2, 0.25) is 0 Å². The first-order valence-electron chi connectivity index (χ1n) is 6.43. The molecule has 0 rings (SSSR count). The summed E-state index contributed by atoms with van der Waals surface area (Å²) in [6, 6.07) is 0.694. The molecule has 0 aromatic carbocycles. The van der Waals surface area contributed by atoms with Gasteiger partial charge < -0.3 is 23.5 Å². The molecular formula is C12H27BrO6Si. The zero-order chi connectivity index (χ0) is 16.2. The molecule has 0 saturated heterocycles. The predicted molar refractivity (Wildman–Crippen MR) is 83.2 cm³/mol. The summed E-state index contributed by atoms with van der Waals surface area (Å²) >= 11 is 3.20. The van der Waals surface area contributed by atoms with Gasteiger partial charge in [-0.15, -0.1) is 0 Å². The van der Waals surface area contributed by atoms with Crippen molar-refractivity contribution < 1.29 is 28.3 Å². The van der Waals surface area contributed by atoms with Crippen molar-refractivity contribution in [1.82, 2.24) is 0 Å². The van der Waals surface area contributed by atoms with Crippen LogP contribution in [0.1, 0.15) is 33.1 Å². The summed E-state index contributed by atoms with van der Waals surface area (Å²) in [4.78, 5) is 10.9. The number of aliphatic hydroxyl groups is 1. The van der Waals surface area contributed by atoms with E-state index < -0.39 is 19.1 Å². The number of hydrogen-bond donors (Lipinski definition) is 2. The third kappa shape index (κ3) is 9.04. The third-order valence-electron chi connectivity index (χ3n) is 2.76. The number of aliphatic carboxylic acids is 1. The largest absolute Gasteiger partial charge is 0.500 e. The summed E-state index contributed by atoms with van der Waals surface area (Å²) in [5, 5.41) is 16.5. The summed E-state index contributed by atoms with van der Waals surface area (Å²) in [6.07, 6.45) is 2.15. The minimum atomic E-state index is -2.50. The Balaban J connectivity index is 0. The monoisotopic (exact) mass is 374 g/mol. The van der Waals surface area contributed by atoms with Crippen LogP contribution in [0.15, 0.2) is 0 Å². The van der Waals surface area contributed by atoms with Crippen molar-refractivity contribution in [3.05, 3.63) is 0 Å². The van der Waals surface area contributed by atoms with Crippen LogP contribution in [0.2, 0.25) is 6.04 Å². The summed E-state index contributed by atoms with van der Waals surface area (Å²) in [6.45, 7) is 3.59. The number of hydrogen-bond acceptors (Lipinski definition) is 5. The van der Waals surface area contributed by atoms with Crippen molar-refractivity contribution in [3.63, 3.8) is 0 Å². The fourth-order valence-electron chi connectivity index (χ4n) is 1.46. The quantitative estimate of drug-likeness (QED) is 0.365. The van der Waals surface area contributed by atoms with E-state index in [1.54, 1.807) is 35.2 Å². The standard InChI is InChI=1S/C10H21BrO5Si.C2H6O/c1-10(11,9(12)13)7-5-6-8-17(14-2,15-3)16-4;1-2-3/h5-8H2,1-4H3,(H,12,13);3H,2H2,1H3. The van der Waals surface area contributed by atoms with Gasteiger partial charge in [0.25, 0.3) is 0 Å². The Morgan fingerprint density at radius 3 is 1.90 bits per heavy atom. The number of unbranched alkanes of at least 4 members (excludes halogenated alkanes) is 1. The van der Waals surface area contributed by atoms with Crippen LogP contribution in [0.5, 0.6) is 0 Å². The number of carboxylic acids is 1. The maximum Gasteiger partial charge on any atom is 0.500 e. The van der Waals surface area contributed by atoms with Crippen LogP contribution in [-0.2, 0) is 18.1 Å². The molecule has 0 spiro atoms. The lowest BCUT2D eigenvalue weighted by molar-refractivity contribution is -0.139. The Hall–Kier alpha value is 0.00688. The lowest BCUT2D eigenvalue weighted by Crippen LogP contribution is -2.42. The predicted octanol–water partition coefficient (Wildman–Crippen LogP) is 2.27. The highest BCUT2D eigenvalue weighted by Crippen LogP contribution is 2.26. The number of halogens is 1. The molecule has 2 N–H and O–H groups in total. The molecule has 122 valence electrons. The van der Waals surface area contributed by atoms with E-state index >= 15 is 0 Å². The van der Waals surface area contributed by atoms with Gasteiger partial charge in [-0.3, -0.25) is 4.79 Å². The molecule has 0 aromatic heterocycles. The number of carboxylic acid groups (broad SMARTS) is 1. The van der Waals surface area contributed by atoms with Gasteiger partial charge in [0, 0.05) is 34.0 Å². The first-order chi connectivity index (χ1) is 9.25. The van der Waals surface area contributed by atoms with Crippen molar-refractivity contribution in [3.8, 4) is 0 Å². The molecule has 20 heavy (non-hydrogen) atoms. The van der Waals surface area contributed by atoms with Crippen LogP contribution in [-0.4, -0.2) is 57.2 Å². The van der Waals surface area contributed by atoms with Crippen LogP contribution in [0.25, 0.3) is 0 Å². The summed E-state index contributed by atoms with van der Waals surface area (Å²) in [5.74, 6) is -0.841. The molecule has 0 aliphatic carbocycles. The molecule has 6 nitrogen and oxygen atoms in total. The summed E-state index contributed by atoms with van der Waals surface area (Å²) in [7, 11) is 2.22. The number of aliphatic hydroxyl groups excluding tert-OH is 1. The van der Waals surface area contributed by atoms with E-state index in [9.17, 15) is 4.79 Å². The lowest BCUT2D eigenvalue weighted by atomic mass is 10.1. The Labute approximate surface area is 130 Å². The van der Waals surface area contributed by atoms with E-state index in [-0.39, 0.29) is 6.61 Å². The Morgan fingerprint density at radius 2 is 1.60 bits per heavy atom. The number of rotatable bonds is 9. The fraction of sp³-hybridized carbons (Fsp3) is 0.917. The van der Waals surface area contributed by atoms with Gasteiger partial charge in [-0.2, -0.15) is 0 Å². The Bertz CT molecular complexity index is 250. The van der Waals surface area contributed by atoms with Crippen molar-refractivity contribution >= 4 is 30.7 Å². The highest BCUT2D eigenvalue weighted by Gasteiger charge is 2.37. The molecule has 0 aromatic rings. The van der Waals surface area contributed by atoms with Crippen LogP contribution in [0, 0.1) is 0 Å². The zero-order valence-corrected chi connectivity index (χ0v) is 15.5. The van der Waals surface area contributed by atoms with Gasteiger partial charge in [-0.1, -0.05) is 22.4 Å². The molecule has 0 saturated carbocycles. The van der Waals surface area contributed by atoms with Crippen molar-refractivity contribution in [2.24, 2.45) is 0 Å². The second kappa shape index (κ2) is 11.6. The highest BCUT2D eigenvalue weighted by molar-refractivity contribution is 9.10. The van der Waals surface area contributed by atoms with E-state index in [2.05, 4.69) is 15.9 Å². The van der Waals surface area contributed by atoms with Gasteiger partial charge in [0.1, 0.15) is 4.32 Å². The first-order valence-corrected chi connectivity index (χ1v) is 9.16. The van der Waals surface area contributed by atoms with Gasteiger partial charge in [-0.25, -0.2) is 0 Å². The second-order valence-corrected chi connectivity index (χ2v) is 9.16. The van der Waals surface area contributed by atoms with E-state index in [1.165, 1.54) is 0 Å². The van der Waals surface area contributed by atoms with E-state index in [1.807, 2.05) is 0 Å². The molecule has 0 radical (unpaired) electrons. The van der Waals surface area contributed by atoms with E-state index in [0.717, 1.165) is 12.8 Å². The summed E-state index contributed by atoms with van der Waals surface area (Å²) in [5.41, 5.74) is 0. The maximum absolute atomic E-state index is 10.9. The fourth-order valence-corrected chi connectivity index (χ4v) is 3.54. The Kier molecular flexibility index (Phi) is 13.0. The average Bonchev–Trinajstić information content (AvgIpc) is 2.40. The Morgan fingerprint density at radius 1 is 1.20 bits per heavy atom. The molecule has 0 amide bonds. The number of carbonyl (C=O) groups is 1. The SMILES string of the molecule is CCO.CO[Si](CCCCC(C)(Br)C(=O)O)(OC)OC. The maximum atomic E-state index is 10.9. The van der Waals surface area contributed by atoms with Crippen LogP contribution >= 0.6 is 15.9 Å². The van der Waals surface area contributed by atoms with Gasteiger partial charge >= 0.3 is 14.8 Å². The molecule has 0 aliphatic heterocycles. The topological polar surface area (TPSA) is 85.2 Å². The smallest absolute Gasteiger partial charge is 0.480 e. The lowest BCUT2D eigenvalue weighted by Gasteiger charge is -2.24. The molecule has 1 atom stereocenters. The van der Waals surface area contributed by atoms with Crippen molar-refractivity contribution in [2.75, 3.05) is 27.9 Å². The van der Waals surface area contributed by atoms with Crippen molar-refractivity contribution in [1.29, 1.82) is 0 Å². The highest BCUT2D eigenvalue weighted by atomic mass is 79.9. The average molecular weight is 375 g/mol. The van der Waals surface area contributed by atoms with Gasteiger partial charge in [-0.05, 0) is 26.7 Å². The van der Waals surface area contributed by atoms with Crippen LogP contribution < -0.4 is 0 Å². The van der Waals surface area contributed by atoms with E-state index in [4.69, 9.17) is 23.5 Å². The third-order valence-corrected chi connectivity index (χ3v) is 6.33. The first kappa shape index (κ1) is 22.3. The van der Waals surface area contributed by atoms with E-state index in [0.29, 0.717) is 12.5 Å². The zero-order valence-electron chi connectivity index (χ0n) is 12.9.